The zero-order valence-corrected chi connectivity index (χ0v) is 14.7. The molecule has 10 heteroatoms. The molecule has 1 aliphatic heterocycles. The smallest absolute Gasteiger partial charge is 0.339 e. The maximum atomic E-state index is 12.2. The van der Waals surface area contributed by atoms with Gasteiger partial charge in [-0.3, -0.25) is 0 Å². The highest BCUT2D eigenvalue weighted by Gasteiger charge is 2.31. The predicted octanol–water partition coefficient (Wildman–Crippen LogP) is 0.868. The second-order valence-corrected chi connectivity index (χ2v) is 7.13. The van der Waals surface area contributed by atoms with Crippen LogP contribution in [0, 0.1) is 0 Å². The van der Waals surface area contributed by atoms with E-state index in [1.807, 2.05) is 0 Å². The van der Waals surface area contributed by atoms with Crippen molar-refractivity contribution in [1.29, 1.82) is 0 Å². The van der Waals surface area contributed by atoms with E-state index in [-0.39, 0.29) is 35.2 Å². The molecule has 0 atom stereocenters. The third kappa shape index (κ3) is 3.66. The molecule has 0 bridgehead atoms. The Morgan fingerprint density at radius 2 is 1.96 bits per heavy atom. The average molecular weight is 389 g/mol. The lowest BCUT2D eigenvalue weighted by Crippen LogP contribution is -2.28. The summed E-state index contributed by atoms with van der Waals surface area (Å²) in [6.45, 7) is -0.336. The summed E-state index contributed by atoms with van der Waals surface area (Å²) in [4.78, 5) is 11.2. The molecule has 3 rings (SSSR count). The first-order chi connectivity index (χ1) is 12.8. The molecule has 1 heterocycles. The van der Waals surface area contributed by atoms with Crippen molar-refractivity contribution in [1.82, 2.24) is 5.01 Å². The highest BCUT2D eigenvalue weighted by atomic mass is 32.2. The number of rotatable bonds is 5. The molecule has 3 N–H and O–H groups in total. The highest BCUT2D eigenvalue weighted by molar-refractivity contribution is 7.90. The van der Waals surface area contributed by atoms with Crippen molar-refractivity contribution < 1.29 is 28.5 Å². The number of nitrogens with zero attached hydrogens (tertiary/aromatic N) is 3. The molecule has 27 heavy (non-hydrogen) atoms. The summed E-state index contributed by atoms with van der Waals surface area (Å²) >= 11 is 0. The van der Waals surface area contributed by atoms with Crippen LogP contribution in [0.1, 0.15) is 21.5 Å². The molecule has 0 aromatic heterocycles. The molecule has 0 radical (unpaired) electrons. The van der Waals surface area contributed by atoms with Crippen molar-refractivity contribution in [2.75, 3.05) is 13.2 Å². The van der Waals surface area contributed by atoms with Gasteiger partial charge in [0.05, 0.1) is 19.4 Å². The summed E-state index contributed by atoms with van der Waals surface area (Å²) in [5, 5.41) is 33.3. The summed E-state index contributed by atoms with van der Waals surface area (Å²) in [6, 6.07) is 10.1. The Labute approximate surface area is 154 Å². The molecule has 0 aliphatic carbocycles. The van der Waals surface area contributed by atoms with Gasteiger partial charge in [0, 0.05) is 5.56 Å². The molecule has 1 aliphatic rings. The van der Waals surface area contributed by atoms with Gasteiger partial charge < -0.3 is 15.3 Å². The average Bonchev–Trinajstić information content (AvgIpc) is 2.91. The normalized spacial score (nSPS) is 14.8. The van der Waals surface area contributed by atoms with E-state index in [0.29, 0.717) is 11.1 Å². The van der Waals surface area contributed by atoms with Crippen LogP contribution in [0.2, 0.25) is 0 Å². The second kappa shape index (κ2) is 7.17. The van der Waals surface area contributed by atoms with E-state index in [2.05, 4.69) is 9.50 Å². The lowest BCUT2D eigenvalue weighted by Gasteiger charge is -2.17. The number of amidine groups is 1. The third-order valence-electron chi connectivity index (χ3n) is 3.77. The fraction of sp³-hybridized carbons (Fsp3) is 0.118. The van der Waals surface area contributed by atoms with E-state index in [4.69, 9.17) is 5.11 Å². The van der Waals surface area contributed by atoms with Gasteiger partial charge in [0.1, 0.15) is 16.2 Å². The highest BCUT2D eigenvalue weighted by Crippen LogP contribution is 2.27. The number of phenols is 1. The van der Waals surface area contributed by atoms with Crippen LogP contribution in [0.5, 0.6) is 5.75 Å². The van der Waals surface area contributed by atoms with Crippen LogP contribution in [0.25, 0.3) is 0 Å². The topological polar surface area (TPSA) is 140 Å². The Morgan fingerprint density at radius 3 is 2.67 bits per heavy atom. The van der Waals surface area contributed by atoms with Crippen LogP contribution in [0.4, 0.5) is 0 Å². The molecule has 140 valence electrons. The molecule has 0 saturated heterocycles. The van der Waals surface area contributed by atoms with Crippen molar-refractivity contribution in [3.05, 3.63) is 59.2 Å². The number of carbonyl (C=O) groups is 1. The van der Waals surface area contributed by atoms with Gasteiger partial charge in [-0.1, -0.05) is 12.1 Å². The number of hydrogen-bond donors (Lipinski definition) is 3. The Bertz CT molecular complexity index is 1060. The Kier molecular flexibility index (Phi) is 4.93. The lowest BCUT2D eigenvalue weighted by atomic mass is 10.1. The Hall–Kier alpha value is -3.24. The molecule has 0 fully saturated rings. The number of aromatic carboxylic acids is 1. The molecule has 0 amide bonds. The zero-order chi connectivity index (χ0) is 19.6. The zero-order valence-electron chi connectivity index (χ0n) is 13.8. The molecule has 0 spiro atoms. The van der Waals surface area contributed by atoms with E-state index in [9.17, 15) is 23.4 Å². The van der Waals surface area contributed by atoms with E-state index in [1.54, 1.807) is 18.2 Å². The van der Waals surface area contributed by atoms with E-state index in [1.165, 1.54) is 35.5 Å². The minimum Gasteiger partial charge on any atom is -0.507 e. The van der Waals surface area contributed by atoms with E-state index >= 15 is 0 Å². The third-order valence-corrected chi connectivity index (χ3v) is 5.09. The SMILES string of the molecule is O=C(O)c1cc(/C=N/N(CCO)C2=NS(=O)(=O)c3ccccc32)ccc1O. The Balaban J connectivity index is 1.98. The summed E-state index contributed by atoms with van der Waals surface area (Å²) in [7, 11) is -3.84. The van der Waals surface area contributed by atoms with Gasteiger partial charge in [0.15, 0.2) is 5.84 Å². The minimum atomic E-state index is -3.84. The number of sulfonamides is 1. The van der Waals surface area contributed by atoms with Crippen molar-refractivity contribution >= 4 is 28.0 Å². The molecule has 2 aromatic carbocycles. The van der Waals surface area contributed by atoms with Crippen molar-refractivity contribution in [2.45, 2.75) is 4.90 Å². The first-order valence-corrected chi connectivity index (χ1v) is 9.20. The quantitative estimate of drug-likeness (QED) is 0.509. The van der Waals surface area contributed by atoms with E-state index < -0.39 is 16.0 Å². The van der Waals surface area contributed by atoms with Crippen LogP contribution in [-0.2, 0) is 10.0 Å². The number of carboxylic acid groups (broad SMARTS) is 1. The number of aliphatic hydroxyl groups excluding tert-OH is 1. The summed E-state index contributed by atoms with van der Waals surface area (Å²) in [5.74, 6) is -1.62. The monoisotopic (exact) mass is 389 g/mol. The van der Waals surface area contributed by atoms with Gasteiger partial charge in [-0.2, -0.15) is 13.5 Å². The van der Waals surface area contributed by atoms with Gasteiger partial charge in [0.2, 0.25) is 0 Å². The molecule has 0 saturated carbocycles. The number of aliphatic hydroxyl groups is 1. The van der Waals surface area contributed by atoms with Gasteiger partial charge >= 0.3 is 5.97 Å². The van der Waals surface area contributed by atoms with Gasteiger partial charge in [-0.15, -0.1) is 4.40 Å². The van der Waals surface area contributed by atoms with Crippen LogP contribution in [0.15, 0.2) is 56.9 Å². The van der Waals surface area contributed by atoms with Crippen molar-refractivity contribution in [3.8, 4) is 5.75 Å². The maximum Gasteiger partial charge on any atom is 0.339 e. The summed E-state index contributed by atoms with van der Waals surface area (Å²) in [6.07, 6.45) is 1.29. The van der Waals surface area contributed by atoms with Crippen LogP contribution >= 0.6 is 0 Å². The van der Waals surface area contributed by atoms with E-state index in [0.717, 1.165) is 0 Å². The summed E-state index contributed by atoms with van der Waals surface area (Å²) in [5.41, 5.74) is 0.432. The van der Waals surface area contributed by atoms with Gasteiger partial charge in [-0.05, 0) is 35.9 Å². The fourth-order valence-electron chi connectivity index (χ4n) is 2.53. The maximum absolute atomic E-state index is 12.2. The standard InChI is InChI=1S/C17H15N3O6S/c21-8-7-20(16-12-3-1-2-4-15(12)27(25,26)19-16)18-10-11-5-6-14(22)13(9-11)17(23)24/h1-6,9-10,21-22H,7-8H2,(H,23,24)/b18-10+. The van der Waals surface area contributed by atoms with Gasteiger partial charge in [0.25, 0.3) is 10.0 Å². The van der Waals surface area contributed by atoms with Crippen LogP contribution < -0.4 is 0 Å². The molecule has 9 nitrogen and oxygen atoms in total. The number of benzene rings is 2. The minimum absolute atomic E-state index is 0.0247. The molecule has 2 aromatic rings. The number of carboxylic acids is 1. The van der Waals surface area contributed by atoms with Crippen LogP contribution in [0.3, 0.4) is 0 Å². The number of hydrazone groups is 1. The van der Waals surface area contributed by atoms with Crippen LogP contribution in [-0.4, -0.2) is 59.9 Å². The molecular formula is C17H15N3O6S. The largest absolute Gasteiger partial charge is 0.507 e. The number of hydrogen-bond acceptors (Lipinski definition) is 7. The molecular weight excluding hydrogens is 374 g/mol. The number of aromatic hydroxyl groups is 1. The Morgan fingerprint density at radius 1 is 1.22 bits per heavy atom. The van der Waals surface area contributed by atoms with Crippen molar-refractivity contribution in [2.24, 2.45) is 9.50 Å². The first-order valence-electron chi connectivity index (χ1n) is 7.76. The lowest BCUT2D eigenvalue weighted by molar-refractivity contribution is 0.0693. The summed E-state index contributed by atoms with van der Waals surface area (Å²) < 4.78 is 28.1. The van der Waals surface area contributed by atoms with Gasteiger partial charge in [-0.25, -0.2) is 9.80 Å². The first kappa shape index (κ1) is 18.5. The predicted molar refractivity (Wildman–Crippen MR) is 96.6 cm³/mol. The second-order valence-electron chi connectivity index (χ2n) is 5.56. The molecule has 0 unspecified atom stereocenters. The number of fused-ring (bicyclic) bond motifs is 1. The van der Waals surface area contributed by atoms with Crippen molar-refractivity contribution in [3.63, 3.8) is 0 Å². The fourth-order valence-corrected chi connectivity index (χ4v) is 3.74.